The minimum Gasteiger partial charge on any atom is -0.486 e. The Hall–Kier alpha value is -2.06. The van der Waals surface area contributed by atoms with Crippen molar-refractivity contribution in [2.45, 2.75) is 11.4 Å². The molecule has 8 heteroatoms. The maximum atomic E-state index is 12.6. The van der Waals surface area contributed by atoms with Gasteiger partial charge in [0.05, 0.1) is 12.1 Å². The predicted octanol–water partition coefficient (Wildman–Crippen LogP) is 2.57. The molecule has 0 saturated carbocycles. The van der Waals surface area contributed by atoms with Crippen molar-refractivity contribution in [3.63, 3.8) is 0 Å². The average molecular weight is 410 g/mol. The second-order valence-corrected chi connectivity index (χ2v) is 8.09. The van der Waals surface area contributed by atoms with Crippen LogP contribution in [0, 0.1) is 0 Å². The fourth-order valence-electron chi connectivity index (χ4n) is 2.77. The standard InChI is InChI=1S/C16H12BrNO5S/c17-12-8-14-13(22-5-6-23-14)7-10(12)9-18-16(19)11-3-1-2-4-15(11)24(18,20)21/h1-4,7-8H,5-6,9H2. The molecule has 24 heavy (non-hydrogen) atoms. The van der Waals surface area contributed by atoms with E-state index >= 15 is 0 Å². The molecule has 0 N–H and O–H groups in total. The molecule has 2 aromatic rings. The largest absolute Gasteiger partial charge is 0.486 e. The van der Waals surface area contributed by atoms with Crippen LogP contribution in [0.15, 0.2) is 45.8 Å². The molecule has 2 heterocycles. The first kappa shape index (κ1) is 15.5. The van der Waals surface area contributed by atoms with Gasteiger partial charge in [-0.05, 0) is 29.8 Å². The minimum absolute atomic E-state index is 0.0451. The highest BCUT2D eigenvalue weighted by molar-refractivity contribution is 9.10. The summed E-state index contributed by atoms with van der Waals surface area (Å²) in [5, 5.41) is 0. The van der Waals surface area contributed by atoms with Crippen LogP contribution in [-0.2, 0) is 16.6 Å². The van der Waals surface area contributed by atoms with Gasteiger partial charge in [-0.25, -0.2) is 12.7 Å². The molecule has 0 fully saturated rings. The highest BCUT2D eigenvalue weighted by atomic mass is 79.9. The molecule has 0 saturated heterocycles. The molecule has 1 amide bonds. The zero-order valence-corrected chi connectivity index (χ0v) is 14.8. The number of hydrogen-bond acceptors (Lipinski definition) is 5. The van der Waals surface area contributed by atoms with Crippen molar-refractivity contribution in [2.24, 2.45) is 0 Å². The summed E-state index contributed by atoms with van der Waals surface area (Å²) in [4.78, 5) is 12.5. The Labute approximate surface area is 147 Å². The van der Waals surface area contributed by atoms with Crippen LogP contribution >= 0.6 is 15.9 Å². The maximum absolute atomic E-state index is 12.6. The van der Waals surface area contributed by atoms with Crippen LogP contribution in [0.4, 0.5) is 0 Å². The van der Waals surface area contributed by atoms with E-state index in [2.05, 4.69) is 15.9 Å². The van der Waals surface area contributed by atoms with Crippen LogP contribution in [0.3, 0.4) is 0 Å². The number of amides is 1. The number of rotatable bonds is 2. The molecule has 0 aliphatic carbocycles. The van der Waals surface area contributed by atoms with Crippen LogP contribution in [0.2, 0.25) is 0 Å². The first-order valence-corrected chi connectivity index (χ1v) is 9.46. The number of halogens is 1. The Kier molecular flexibility index (Phi) is 3.54. The fourth-order valence-corrected chi connectivity index (χ4v) is 4.76. The van der Waals surface area contributed by atoms with Gasteiger partial charge in [0.2, 0.25) is 0 Å². The Morgan fingerprint density at radius 2 is 1.75 bits per heavy atom. The molecule has 0 atom stereocenters. The number of nitrogens with zero attached hydrogens (tertiary/aromatic N) is 1. The number of benzene rings is 2. The van der Waals surface area contributed by atoms with E-state index in [0.29, 0.717) is 34.7 Å². The first-order chi connectivity index (χ1) is 11.5. The average Bonchev–Trinajstić information content (AvgIpc) is 2.77. The second kappa shape index (κ2) is 5.49. The lowest BCUT2D eigenvalue weighted by Gasteiger charge is -2.21. The van der Waals surface area contributed by atoms with Crippen molar-refractivity contribution < 1.29 is 22.7 Å². The lowest BCUT2D eigenvalue weighted by molar-refractivity contribution is 0.0864. The topological polar surface area (TPSA) is 72.9 Å². The van der Waals surface area contributed by atoms with Crippen molar-refractivity contribution in [3.05, 3.63) is 52.0 Å². The zero-order valence-electron chi connectivity index (χ0n) is 12.4. The molecular weight excluding hydrogens is 398 g/mol. The lowest BCUT2D eigenvalue weighted by atomic mass is 10.1. The first-order valence-electron chi connectivity index (χ1n) is 7.22. The molecule has 0 radical (unpaired) electrons. The highest BCUT2D eigenvalue weighted by Gasteiger charge is 2.41. The van der Waals surface area contributed by atoms with Crippen LogP contribution in [0.5, 0.6) is 11.5 Å². The van der Waals surface area contributed by atoms with E-state index in [0.717, 1.165) is 4.31 Å². The summed E-state index contributed by atoms with van der Waals surface area (Å²) in [7, 11) is -3.84. The minimum atomic E-state index is -3.84. The number of ether oxygens (including phenoxy) is 2. The van der Waals surface area contributed by atoms with Crippen LogP contribution in [0.25, 0.3) is 0 Å². The summed E-state index contributed by atoms with van der Waals surface area (Å²) >= 11 is 3.41. The van der Waals surface area contributed by atoms with Gasteiger partial charge in [-0.3, -0.25) is 4.79 Å². The van der Waals surface area contributed by atoms with E-state index in [9.17, 15) is 13.2 Å². The Morgan fingerprint density at radius 1 is 1.08 bits per heavy atom. The maximum Gasteiger partial charge on any atom is 0.269 e. The van der Waals surface area contributed by atoms with Crippen LogP contribution < -0.4 is 9.47 Å². The number of carbonyl (C=O) groups excluding carboxylic acids is 1. The van der Waals surface area contributed by atoms with Gasteiger partial charge in [-0.2, -0.15) is 0 Å². The Bertz CT molecular complexity index is 957. The van der Waals surface area contributed by atoms with Crippen LogP contribution in [0.1, 0.15) is 15.9 Å². The zero-order chi connectivity index (χ0) is 16.9. The van der Waals surface area contributed by atoms with Crippen LogP contribution in [-0.4, -0.2) is 31.8 Å². The quantitative estimate of drug-likeness (QED) is 0.761. The van der Waals surface area contributed by atoms with Crippen molar-refractivity contribution in [2.75, 3.05) is 13.2 Å². The van der Waals surface area contributed by atoms with Gasteiger partial charge in [-0.1, -0.05) is 28.1 Å². The Balaban J connectivity index is 1.73. The molecule has 2 aliphatic heterocycles. The van der Waals surface area contributed by atoms with Crippen molar-refractivity contribution in [3.8, 4) is 11.5 Å². The lowest BCUT2D eigenvalue weighted by Crippen LogP contribution is -2.29. The summed E-state index contributed by atoms with van der Waals surface area (Å²) in [6, 6.07) is 9.65. The monoisotopic (exact) mass is 409 g/mol. The molecule has 0 spiro atoms. The molecule has 4 rings (SSSR count). The van der Waals surface area contributed by atoms with Gasteiger partial charge in [0.15, 0.2) is 11.5 Å². The molecule has 2 aliphatic rings. The van der Waals surface area contributed by atoms with Gasteiger partial charge < -0.3 is 9.47 Å². The molecule has 0 unspecified atom stereocenters. The van der Waals surface area contributed by atoms with Crippen molar-refractivity contribution in [1.82, 2.24) is 4.31 Å². The predicted molar refractivity (Wildman–Crippen MR) is 88.6 cm³/mol. The van der Waals surface area contributed by atoms with E-state index in [1.165, 1.54) is 12.1 Å². The summed E-state index contributed by atoms with van der Waals surface area (Å²) in [6.45, 7) is 0.820. The molecule has 2 aromatic carbocycles. The molecule has 124 valence electrons. The van der Waals surface area contributed by atoms with Gasteiger partial charge >= 0.3 is 0 Å². The summed E-state index contributed by atoms with van der Waals surface area (Å²) in [5.74, 6) is 0.615. The molecule has 6 nitrogen and oxygen atoms in total. The molecule has 0 bridgehead atoms. The smallest absolute Gasteiger partial charge is 0.269 e. The van der Waals surface area contributed by atoms with Crippen molar-refractivity contribution >= 4 is 31.9 Å². The third kappa shape index (κ3) is 2.29. The summed E-state index contributed by atoms with van der Waals surface area (Å²) in [6.07, 6.45) is 0. The Morgan fingerprint density at radius 3 is 2.46 bits per heavy atom. The summed E-state index contributed by atoms with van der Waals surface area (Å²) < 4.78 is 37.8. The highest BCUT2D eigenvalue weighted by Crippen LogP contribution is 2.38. The number of sulfonamides is 1. The number of fused-ring (bicyclic) bond motifs is 2. The fraction of sp³-hybridized carbons (Fsp3) is 0.188. The van der Waals surface area contributed by atoms with Gasteiger partial charge in [0, 0.05) is 4.47 Å². The summed E-state index contributed by atoms with van der Waals surface area (Å²) in [5.41, 5.74) is 0.829. The van der Waals surface area contributed by atoms with Crippen molar-refractivity contribution in [1.29, 1.82) is 0 Å². The van der Waals surface area contributed by atoms with E-state index in [1.54, 1.807) is 24.3 Å². The number of hydrogen-bond donors (Lipinski definition) is 0. The van der Waals surface area contributed by atoms with Gasteiger partial charge in [-0.15, -0.1) is 0 Å². The van der Waals surface area contributed by atoms with Gasteiger partial charge in [0.1, 0.15) is 18.1 Å². The normalized spacial score (nSPS) is 17.7. The van der Waals surface area contributed by atoms with E-state index in [4.69, 9.17) is 9.47 Å². The van der Waals surface area contributed by atoms with E-state index in [1.807, 2.05) is 0 Å². The molecule has 0 aromatic heterocycles. The SMILES string of the molecule is O=C1c2ccccc2S(=O)(=O)N1Cc1cc2c(cc1Br)OCCO2. The van der Waals surface area contributed by atoms with E-state index in [-0.39, 0.29) is 17.0 Å². The third-order valence-corrected chi connectivity index (χ3v) is 6.46. The third-order valence-electron chi connectivity index (χ3n) is 3.94. The van der Waals surface area contributed by atoms with E-state index < -0.39 is 15.9 Å². The van der Waals surface area contributed by atoms with Gasteiger partial charge in [0.25, 0.3) is 15.9 Å². The number of carbonyl (C=O) groups is 1. The molecular formula is C16H12BrNO5S. The second-order valence-electron chi connectivity index (χ2n) is 5.40.